The van der Waals surface area contributed by atoms with E-state index in [1.165, 1.54) is 18.2 Å². The molecule has 2 rings (SSSR count). The van der Waals surface area contributed by atoms with Gasteiger partial charge in [0.05, 0.1) is 11.6 Å². The van der Waals surface area contributed by atoms with E-state index in [1.807, 2.05) is 32.0 Å². The Bertz CT molecular complexity index is 609. The second-order valence-electron chi connectivity index (χ2n) is 4.12. The zero-order valence-electron chi connectivity index (χ0n) is 9.79. The van der Waals surface area contributed by atoms with E-state index in [1.54, 1.807) is 0 Å². The first-order chi connectivity index (χ1) is 8.11. The van der Waals surface area contributed by atoms with E-state index in [0.717, 1.165) is 16.7 Å². The van der Waals surface area contributed by atoms with E-state index >= 15 is 0 Å². The first kappa shape index (κ1) is 11.3. The SMILES string of the molecule is Cc1ccc(C)c(-c2cc(F)ccc2C#N)c1. The van der Waals surface area contributed by atoms with Crippen LogP contribution in [0.5, 0.6) is 0 Å². The lowest BCUT2D eigenvalue weighted by molar-refractivity contribution is 0.628. The molecule has 0 radical (unpaired) electrons. The Hall–Kier alpha value is -2.14. The normalized spacial score (nSPS) is 10.0. The van der Waals surface area contributed by atoms with Gasteiger partial charge in [0.2, 0.25) is 0 Å². The van der Waals surface area contributed by atoms with E-state index in [-0.39, 0.29) is 5.82 Å². The first-order valence-electron chi connectivity index (χ1n) is 5.39. The van der Waals surface area contributed by atoms with Crippen LogP contribution in [0.1, 0.15) is 16.7 Å². The molecule has 0 saturated carbocycles. The van der Waals surface area contributed by atoms with Crippen LogP contribution in [0.25, 0.3) is 11.1 Å². The van der Waals surface area contributed by atoms with Gasteiger partial charge in [-0.3, -0.25) is 0 Å². The Labute approximate surface area is 100 Å². The maximum absolute atomic E-state index is 13.3. The van der Waals surface area contributed by atoms with Gasteiger partial charge in [-0.1, -0.05) is 23.8 Å². The zero-order valence-corrected chi connectivity index (χ0v) is 9.79. The highest BCUT2D eigenvalue weighted by molar-refractivity contribution is 5.73. The molecule has 0 aliphatic heterocycles. The van der Waals surface area contributed by atoms with Crippen LogP contribution in [0, 0.1) is 31.0 Å². The molecule has 0 aliphatic rings. The average Bonchev–Trinajstić information content (AvgIpc) is 2.32. The smallest absolute Gasteiger partial charge is 0.123 e. The standard InChI is InChI=1S/C15H12FN/c1-10-3-4-11(2)14(7-10)15-8-13(16)6-5-12(15)9-17/h3-8H,1-2H3. The highest BCUT2D eigenvalue weighted by atomic mass is 19.1. The van der Waals surface area contributed by atoms with Gasteiger partial charge in [0.1, 0.15) is 5.82 Å². The van der Waals surface area contributed by atoms with Crippen molar-refractivity contribution in [2.45, 2.75) is 13.8 Å². The monoisotopic (exact) mass is 225 g/mol. The van der Waals surface area contributed by atoms with Crippen LogP contribution in [0.15, 0.2) is 36.4 Å². The van der Waals surface area contributed by atoms with Gasteiger partial charge in [-0.2, -0.15) is 5.26 Å². The minimum absolute atomic E-state index is 0.320. The summed E-state index contributed by atoms with van der Waals surface area (Å²) in [6.45, 7) is 3.94. The number of rotatable bonds is 1. The fraction of sp³-hybridized carbons (Fsp3) is 0.133. The topological polar surface area (TPSA) is 23.8 Å². The zero-order chi connectivity index (χ0) is 12.4. The molecule has 0 N–H and O–H groups in total. The highest BCUT2D eigenvalue weighted by Gasteiger charge is 2.09. The summed E-state index contributed by atoms with van der Waals surface area (Å²) in [5, 5.41) is 9.06. The van der Waals surface area contributed by atoms with Crippen molar-refractivity contribution in [2.24, 2.45) is 0 Å². The molecule has 0 amide bonds. The minimum atomic E-state index is -0.320. The molecule has 0 atom stereocenters. The predicted molar refractivity (Wildman–Crippen MR) is 66.0 cm³/mol. The molecule has 2 aromatic carbocycles. The molecule has 0 fully saturated rings. The van der Waals surface area contributed by atoms with Crippen LogP contribution in [-0.4, -0.2) is 0 Å². The maximum Gasteiger partial charge on any atom is 0.123 e. The van der Waals surface area contributed by atoms with Gasteiger partial charge in [0, 0.05) is 5.56 Å². The van der Waals surface area contributed by atoms with Crippen molar-refractivity contribution in [3.63, 3.8) is 0 Å². The number of hydrogen-bond acceptors (Lipinski definition) is 1. The van der Waals surface area contributed by atoms with E-state index in [4.69, 9.17) is 5.26 Å². The molecule has 0 aliphatic carbocycles. The van der Waals surface area contributed by atoms with Gasteiger partial charge < -0.3 is 0 Å². The predicted octanol–water partition coefficient (Wildman–Crippen LogP) is 3.98. The van der Waals surface area contributed by atoms with Gasteiger partial charge in [0.25, 0.3) is 0 Å². The summed E-state index contributed by atoms with van der Waals surface area (Å²) in [5.41, 5.74) is 4.21. The molecule has 0 bridgehead atoms. The molecule has 0 unspecified atom stereocenters. The van der Waals surface area contributed by atoms with Crippen molar-refractivity contribution < 1.29 is 4.39 Å². The number of nitriles is 1. The number of hydrogen-bond donors (Lipinski definition) is 0. The summed E-state index contributed by atoms with van der Waals surface area (Å²) in [6.07, 6.45) is 0. The summed E-state index contributed by atoms with van der Waals surface area (Å²) in [7, 11) is 0. The minimum Gasteiger partial charge on any atom is -0.207 e. The van der Waals surface area contributed by atoms with E-state index in [0.29, 0.717) is 11.1 Å². The van der Waals surface area contributed by atoms with Gasteiger partial charge >= 0.3 is 0 Å². The Morgan fingerprint density at radius 2 is 1.76 bits per heavy atom. The molecule has 1 nitrogen and oxygen atoms in total. The highest BCUT2D eigenvalue weighted by Crippen LogP contribution is 2.28. The van der Waals surface area contributed by atoms with Crippen molar-refractivity contribution in [3.8, 4) is 17.2 Å². The molecule has 0 saturated heterocycles. The van der Waals surface area contributed by atoms with Gasteiger partial charge in [0.15, 0.2) is 0 Å². The molecular formula is C15H12FN. The van der Waals surface area contributed by atoms with Crippen LogP contribution in [0.2, 0.25) is 0 Å². The van der Waals surface area contributed by atoms with Gasteiger partial charge in [-0.25, -0.2) is 4.39 Å². The summed E-state index contributed by atoms with van der Waals surface area (Å²) < 4.78 is 13.3. The Balaban J connectivity index is 2.72. The quantitative estimate of drug-likeness (QED) is 0.720. The van der Waals surface area contributed by atoms with E-state index in [9.17, 15) is 4.39 Å². The Morgan fingerprint density at radius 1 is 1.00 bits per heavy atom. The molecule has 0 spiro atoms. The Kier molecular flexibility index (Phi) is 2.93. The lowest BCUT2D eigenvalue weighted by atomic mass is 9.95. The number of benzene rings is 2. The summed E-state index contributed by atoms with van der Waals surface area (Å²) in [4.78, 5) is 0. The maximum atomic E-state index is 13.3. The molecular weight excluding hydrogens is 213 g/mol. The first-order valence-corrected chi connectivity index (χ1v) is 5.39. The van der Waals surface area contributed by atoms with Crippen LogP contribution in [0.3, 0.4) is 0 Å². The fourth-order valence-electron chi connectivity index (χ4n) is 1.86. The fourth-order valence-corrected chi connectivity index (χ4v) is 1.86. The lowest BCUT2D eigenvalue weighted by Crippen LogP contribution is -1.90. The molecule has 0 heterocycles. The van der Waals surface area contributed by atoms with E-state index in [2.05, 4.69) is 6.07 Å². The second kappa shape index (κ2) is 4.39. The van der Waals surface area contributed by atoms with Crippen molar-refractivity contribution in [1.82, 2.24) is 0 Å². The third-order valence-corrected chi connectivity index (χ3v) is 2.79. The third-order valence-electron chi connectivity index (χ3n) is 2.79. The van der Waals surface area contributed by atoms with E-state index < -0.39 is 0 Å². The summed E-state index contributed by atoms with van der Waals surface area (Å²) >= 11 is 0. The van der Waals surface area contributed by atoms with Crippen LogP contribution >= 0.6 is 0 Å². The molecule has 2 heteroatoms. The van der Waals surface area contributed by atoms with Crippen LogP contribution in [-0.2, 0) is 0 Å². The number of nitrogens with zero attached hydrogens (tertiary/aromatic N) is 1. The molecule has 84 valence electrons. The third kappa shape index (κ3) is 2.19. The van der Waals surface area contributed by atoms with Crippen molar-refractivity contribution in [2.75, 3.05) is 0 Å². The van der Waals surface area contributed by atoms with Crippen molar-refractivity contribution in [3.05, 3.63) is 58.9 Å². The molecule has 2 aromatic rings. The average molecular weight is 225 g/mol. The number of aryl methyl sites for hydroxylation is 2. The number of halogens is 1. The van der Waals surface area contributed by atoms with Gasteiger partial charge in [-0.15, -0.1) is 0 Å². The molecule has 17 heavy (non-hydrogen) atoms. The molecule has 0 aromatic heterocycles. The van der Waals surface area contributed by atoms with Crippen molar-refractivity contribution >= 4 is 0 Å². The Morgan fingerprint density at radius 3 is 2.47 bits per heavy atom. The largest absolute Gasteiger partial charge is 0.207 e. The van der Waals surface area contributed by atoms with Gasteiger partial charge in [-0.05, 0) is 43.2 Å². The lowest BCUT2D eigenvalue weighted by Gasteiger charge is -2.09. The van der Waals surface area contributed by atoms with Crippen molar-refractivity contribution in [1.29, 1.82) is 5.26 Å². The summed E-state index contributed by atoms with van der Waals surface area (Å²) in [6, 6.07) is 12.3. The second-order valence-corrected chi connectivity index (χ2v) is 4.12. The summed E-state index contributed by atoms with van der Waals surface area (Å²) in [5.74, 6) is -0.320. The van der Waals surface area contributed by atoms with Crippen LogP contribution < -0.4 is 0 Å². The van der Waals surface area contributed by atoms with Crippen LogP contribution in [0.4, 0.5) is 4.39 Å².